The van der Waals surface area contributed by atoms with E-state index in [1.54, 1.807) is 11.9 Å². The summed E-state index contributed by atoms with van der Waals surface area (Å²) in [4.78, 5) is 0. The van der Waals surface area contributed by atoms with Crippen molar-refractivity contribution in [1.82, 2.24) is 5.01 Å². The fourth-order valence-electron chi connectivity index (χ4n) is 2.50. The number of hydrogen-bond donors (Lipinski definition) is 3. The predicted octanol–water partition coefficient (Wildman–Crippen LogP) is 0.632. The molecule has 19 heavy (non-hydrogen) atoms. The Kier molecular flexibility index (Phi) is 4.74. The number of aliphatic hydroxyl groups is 3. The van der Waals surface area contributed by atoms with Gasteiger partial charge in [0.15, 0.2) is 0 Å². The molecule has 0 aromatic rings. The molecule has 0 bridgehead atoms. The van der Waals surface area contributed by atoms with E-state index in [2.05, 4.69) is 17.3 Å². The van der Waals surface area contributed by atoms with Crippen LogP contribution < -0.4 is 0 Å². The van der Waals surface area contributed by atoms with Crippen molar-refractivity contribution in [3.8, 4) is 0 Å². The summed E-state index contributed by atoms with van der Waals surface area (Å²) in [6.45, 7) is 1.73. The number of aliphatic hydroxyl groups excluding tert-OH is 3. The Morgan fingerprint density at radius 3 is 2.89 bits per heavy atom. The molecule has 2 rings (SSSR count). The van der Waals surface area contributed by atoms with Crippen LogP contribution in [0.25, 0.3) is 0 Å². The fourth-order valence-corrected chi connectivity index (χ4v) is 2.50. The molecule has 1 heterocycles. The number of hydrazone groups is 1. The van der Waals surface area contributed by atoms with Crippen molar-refractivity contribution in [2.75, 3.05) is 13.2 Å². The molecule has 0 fully saturated rings. The van der Waals surface area contributed by atoms with Gasteiger partial charge < -0.3 is 15.3 Å². The van der Waals surface area contributed by atoms with Crippen LogP contribution in [0, 0.1) is 5.92 Å². The Labute approximate surface area is 113 Å². The van der Waals surface area contributed by atoms with Gasteiger partial charge in [-0.3, -0.25) is 5.01 Å². The predicted molar refractivity (Wildman–Crippen MR) is 73.5 cm³/mol. The first-order chi connectivity index (χ1) is 9.13. The van der Waals surface area contributed by atoms with E-state index in [1.165, 1.54) is 0 Å². The number of allylic oxidation sites excluding steroid dienone is 2. The minimum absolute atomic E-state index is 0.187. The molecule has 1 aliphatic heterocycles. The monoisotopic (exact) mass is 266 g/mol. The van der Waals surface area contributed by atoms with E-state index in [1.807, 2.05) is 6.21 Å². The van der Waals surface area contributed by atoms with E-state index in [-0.39, 0.29) is 13.2 Å². The van der Waals surface area contributed by atoms with Gasteiger partial charge in [0.05, 0.1) is 18.8 Å². The van der Waals surface area contributed by atoms with Crippen LogP contribution in [0.2, 0.25) is 0 Å². The maximum atomic E-state index is 9.77. The Hall–Kier alpha value is -1.17. The van der Waals surface area contributed by atoms with Crippen LogP contribution in [0.5, 0.6) is 0 Å². The maximum Gasteiger partial charge on any atom is 0.105 e. The number of rotatable bonds is 3. The molecule has 3 N–H and O–H groups in total. The minimum atomic E-state index is -0.914. The molecule has 0 spiro atoms. The topological polar surface area (TPSA) is 76.3 Å². The fraction of sp³-hybridized carbons (Fsp3) is 0.643. The van der Waals surface area contributed by atoms with Gasteiger partial charge in [-0.2, -0.15) is 5.10 Å². The second-order valence-corrected chi connectivity index (χ2v) is 5.17. The lowest BCUT2D eigenvalue weighted by Gasteiger charge is -2.34. The maximum absolute atomic E-state index is 9.77. The first-order valence-corrected chi connectivity index (χ1v) is 6.78. The van der Waals surface area contributed by atoms with Gasteiger partial charge >= 0.3 is 0 Å². The van der Waals surface area contributed by atoms with Gasteiger partial charge in [0.25, 0.3) is 0 Å². The number of hydrogen-bond acceptors (Lipinski definition) is 5. The van der Waals surface area contributed by atoms with Gasteiger partial charge in [-0.15, -0.1) is 0 Å². The van der Waals surface area contributed by atoms with Gasteiger partial charge in [-0.1, -0.05) is 12.2 Å². The molecule has 0 aromatic carbocycles. The summed E-state index contributed by atoms with van der Waals surface area (Å²) < 4.78 is 0. The summed E-state index contributed by atoms with van der Waals surface area (Å²) in [5, 5.41) is 34.9. The molecule has 2 aliphatic rings. The normalized spacial score (nSPS) is 32.4. The summed E-state index contributed by atoms with van der Waals surface area (Å²) >= 11 is 0. The van der Waals surface area contributed by atoms with E-state index in [0.29, 0.717) is 17.2 Å². The van der Waals surface area contributed by atoms with Crippen molar-refractivity contribution in [1.29, 1.82) is 0 Å². The van der Waals surface area contributed by atoms with Crippen LogP contribution in [0.3, 0.4) is 0 Å². The molecule has 0 saturated carbocycles. The Bertz CT molecular complexity index is 403. The van der Waals surface area contributed by atoms with Gasteiger partial charge in [0, 0.05) is 12.1 Å². The molecule has 1 aliphatic carbocycles. The molecule has 3 unspecified atom stereocenters. The lowest BCUT2D eigenvalue weighted by atomic mass is 9.97. The van der Waals surface area contributed by atoms with Crippen molar-refractivity contribution in [3.05, 3.63) is 23.4 Å². The summed E-state index contributed by atoms with van der Waals surface area (Å²) in [5.41, 5.74) is 1.16. The first-order valence-electron chi connectivity index (χ1n) is 6.78. The number of nitrogens with zero attached hydrogens (tertiary/aromatic N) is 2. The highest BCUT2D eigenvalue weighted by Gasteiger charge is 2.30. The first kappa shape index (κ1) is 14.2. The van der Waals surface area contributed by atoms with Crippen LogP contribution in [-0.2, 0) is 0 Å². The van der Waals surface area contributed by atoms with Crippen molar-refractivity contribution < 1.29 is 15.3 Å². The molecule has 0 radical (unpaired) electrons. The summed E-state index contributed by atoms with van der Waals surface area (Å²) in [6, 6.07) is 0. The Morgan fingerprint density at radius 1 is 1.47 bits per heavy atom. The van der Waals surface area contributed by atoms with E-state index in [9.17, 15) is 15.3 Å². The summed E-state index contributed by atoms with van der Waals surface area (Å²) in [6.07, 6.45) is 7.73. The van der Waals surface area contributed by atoms with Gasteiger partial charge in [-0.25, -0.2) is 0 Å². The van der Waals surface area contributed by atoms with Gasteiger partial charge in [0.2, 0.25) is 0 Å². The van der Waals surface area contributed by atoms with Crippen molar-refractivity contribution in [2.24, 2.45) is 11.0 Å². The van der Waals surface area contributed by atoms with Crippen LogP contribution in [-0.4, -0.2) is 51.9 Å². The Balaban J connectivity index is 2.12. The van der Waals surface area contributed by atoms with Crippen molar-refractivity contribution >= 4 is 6.21 Å². The van der Waals surface area contributed by atoms with E-state index in [4.69, 9.17) is 0 Å². The van der Waals surface area contributed by atoms with E-state index < -0.39 is 12.2 Å². The van der Waals surface area contributed by atoms with Crippen LogP contribution in [0.15, 0.2) is 28.5 Å². The molecule has 0 aromatic heterocycles. The highest BCUT2D eigenvalue weighted by Crippen LogP contribution is 2.23. The third-order valence-electron chi connectivity index (χ3n) is 3.77. The van der Waals surface area contributed by atoms with E-state index >= 15 is 0 Å². The molecule has 0 amide bonds. The average Bonchev–Trinajstić information content (AvgIpc) is 2.44. The SMILES string of the molecule is CC1=C(CO)N(/N=C/C2C=CCCC2)CC(O)C1O. The van der Waals surface area contributed by atoms with Crippen LogP contribution in [0.1, 0.15) is 26.2 Å². The second-order valence-electron chi connectivity index (χ2n) is 5.17. The molecular formula is C14H22N2O3. The van der Waals surface area contributed by atoms with E-state index in [0.717, 1.165) is 19.3 Å². The largest absolute Gasteiger partial charge is 0.390 e. The van der Waals surface area contributed by atoms with Crippen molar-refractivity contribution in [3.63, 3.8) is 0 Å². The van der Waals surface area contributed by atoms with Crippen molar-refractivity contribution in [2.45, 2.75) is 38.4 Å². The molecule has 5 heteroatoms. The smallest absolute Gasteiger partial charge is 0.105 e. The standard InChI is InChI=1S/C14H22N2O3/c1-10-12(9-17)16(8-13(18)14(10)19)15-7-11-5-3-2-4-6-11/h3,5,7,11,13-14,17-19H,2,4,6,8-9H2,1H3/b15-7+. The summed E-state index contributed by atoms with van der Waals surface area (Å²) in [5.74, 6) is 0.318. The van der Waals surface area contributed by atoms with Gasteiger partial charge in [-0.05, 0) is 31.8 Å². The minimum Gasteiger partial charge on any atom is -0.390 e. The molecule has 5 nitrogen and oxygen atoms in total. The second kappa shape index (κ2) is 6.32. The third kappa shape index (κ3) is 3.23. The van der Waals surface area contributed by atoms with Crippen LogP contribution in [0.4, 0.5) is 0 Å². The highest BCUT2D eigenvalue weighted by atomic mass is 16.3. The molecule has 3 atom stereocenters. The number of β-amino-alcohol motifs (C(OH)–C–C–N with tert-alkyl or cyclic N) is 1. The highest BCUT2D eigenvalue weighted by molar-refractivity contribution is 5.63. The lowest BCUT2D eigenvalue weighted by molar-refractivity contribution is 0.00451. The summed E-state index contributed by atoms with van der Waals surface area (Å²) in [7, 11) is 0. The zero-order valence-electron chi connectivity index (χ0n) is 11.2. The van der Waals surface area contributed by atoms with Crippen LogP contribution >= 0.6 is 0 Å². The molecule has 0 saturated heterocycles. The third-order valence-corrected chi connectivity index (χ3v) is 3.77. The average molecular weight is 266 g/mol. The Morgan fingerprint density at radius 2 is 2.26 bits per heavy atom. The zero-order valence-corrected chi connectivity index (χ0v) is 11.2. The molecule has 106 valence electrons. The van der Waals surface area contributed by atoms with Gasteiger partial charge in [0.1, 0.15) is 12.2 Å². The quantitative estimate of drug-likeness (QED) is 0.517. The lowest BCUT2D eigenvalue weighted by Crippen LogP contribution is -2.44. The molecular weight excluding hydrogens is 244 g/mol. The zero-order chi connectivity index (χ0) is 13.8.